The lowest BCUT2D eigenvalue weighted by Crippen LogP contribution is -2.46. The number of benzene rings is 1. The van der Waals surface area contributed by atoms with Crippen LogP contribution in [0.4, 0.5) is 4.79 Å². The number of carbonyl (C=O) groups is 2. The maximum absolute atomic E-state index is 12.0. The summed E-state index contributed by atoms with van der Waals surface area (Å²) < 4.78 is 0. The van der Waals surface area contributed by atoms with Crippen LogP contribution < -0.4 is 5.32 Å². The van der Waals surface area contributed by atoms with Gasteiger partial charge in [-0.2, -0.15) is 0 Å². The second-order valence-electron chi connectivity index (χ2n) is 5.16. The van der Waals surface area contributed by atoms with E-state index < -0.39 is 12.0 Å². The van der Waals surface area contributed by atoms with Crippen LogP contribution >= 0.6 is 0 Å². The van der Waals surface area contributed by atoms with Crippen molar-refractivity contribution in [1.82, 2.24) is 10.2 Å². The molecule has 0 saturated carbocycles. The molecule has 108 valence electrons. The molecule has 2 amide bonds. The number of nitrogens with one attached hydrogen (secondary N) is 1. The van der Waals surface area contributed by atoms with Gasteiger partial charge in [0.2, 0.25) is 0 Å². The van der Waals surface area contributed by atoms with Gasteiger partial charge in [0.1, 0.15) is 6.04 Å². The van der Waals surface area contributed by atoms with Crippen molar-refractivity contribution in [1.29, 1.82) is 0 Å². The third-order valence-electron chi connectivity index (χ3n) is 3.57. The van der Waals surface area contributed by atoms with Crippen molar-refractivity contribution in [3.63, 3.8) is 0 Å². The van der Waals surface area contributed by atoms with Crippen molar-refractivity contribution in [2.24, 2.45) is 0 Å². The molecule has 1 unspecified atom stereocenters. The van der Waals surface area contributed by atoms with Crippen molar-refractivity contribution in [3.8, 4) is 0 Å². The highest BCUT2D eigenvalue weighted by molar-refractivity contribution is 5.83. The Hall–Kier alpha value is -2.04. The molecule has 1 atom stereocenters. The summed E-state index contributed by atoms with van der Waals surface area (Å²) in [5.74, 6) is -0.920. The lowest BCUT2D eigenvalue weighted by molar-refractivity contribution is -0.141. The van der Waals surface area contributed by atoms with E-state index >= 15 is 0 Å². The van der Waals surface area contributed by atoms with Gasteiger partial charge in [-0.1, -0.05) is 29.8 Å². The summed E-state index contributed by atoms with van der Waals surface area (Å²) in [7, 11) is 0. The van der Waals surface area contributed by atoms with Gasteiger partial charge >= 0.3 is 12.0 Å². The molecule has 2 rings (SSSR count). The van der Waals surface area contributed by atoms with Gasteiger partial charge in [-0.15, -0.1) is 0 Å². The summed E-state index contributed by atoms with van der Waals surface area (Å²) in [4.78, 5) is 24.4. The number of carboxylic acid groups (broad SMARTS) is 1. The first-order chi connectivity index (χ1) is 9.58. The predicted octanol–water partition coefficient (Wildman–Crippen LogP) is 1.80. The van der Waals surface area contributed by atoms with Crippen LogP contribution in [0.1, 0.15) is 24.0 Å². The number of likely N-dealkylation sites (tertiary alicyclic amines) is 1. The molecule has 1 aliphatic heterocycles. The minimum atomic E-state index is -0.920. The second-order valence-corrected chi connectivity index (χ2v) is 5.16. The van der Waals surface area contributed by atoms with Gasteiger partial charge in [-0.05, 0) is 31.7 Å². The molecule has 5 nitrogen and oxygen atoms in total. The Morgan fingerprint density at radius 1 is 1.45 bits per heavy atom. The molecule has 1 aromatic rings. The monoisotopic (exact) mass is 276 g/mol. The van der Waals surface area contributed by atoms with Gasteiger partial charge in [0.15, 0.2) is 0 Å². The van der Waals surface area contributed by atoms with Crippen molar-refractivity contribution in [2.75, 3.05) is 13.1 Å². The molecule has 0 spiro atoms. The number of urea groups is 1. The molecule has 1 aliphatic rings. The van der Waals surface area contributed by atoms with E-state index in [4.69, 9.17) is 5.11 Å². The SMILES string of the molecule is Cc1cccc(CCNC(=O)N2CCCC2C(=O)O)c1. The largest absolute Gasteiger partial charge is 0.480 e. The molecule has 1 aromatic carbocycles. The lowest BCUT2D eigenvalue weighted by Gasteiger charge is -2.21. The highest BCUT2D eigenvalue weighted by atomic mass is 16.4. The maximum atomic E-state index is 12.0. The molecule has 20 heavy (non-hydrogen) atoms. The maximum Gasteiger partial charge on any atom is 0.326 e. The van der Waals surface area contributed by atoms with Crippen LogP contribution in [0.25, 0.3) is 0 Å². The average molecular weight is 276 g/mol. The number of carbonyl (C=O) groups excluding carboxylic acids is 1. The summed E-state index contributed by atoms with van der Waals surface area (Å²) >= 11 is 0. The van der Waals surface area contributed by atoms with Gasteiger partial charge in [0.25, 0.3) is 0 Å². The molecule has 0 radical (unpaired) electrons. The number of hydrogen-bond donors (Lipinski definition) is 2. The second kappa shape index (κ2) is 6.41. The molecule has 0 bridgehead atoms. The van der Waals surface area contributed by atoms with Gasteiger partial charge in [0.05, 0.1) is 0 Å². The standard InChI is InChI=1S/C15H20N2O3/c1-11-4-2-5-12(10-11)7-8-16-15(20)17-9-3-6-13(17)14(18)19/h2,4-5,10,13H,3,6-9H2,1H3,(H,16,20)(H,18,19). The van der Waals surface area contributed by atoms with Crippen molar-refractivity contribution >= 4 is 12.0 Å². The Labute approximate surface area is 118 Å². The first kappa shape index (κ1) is 14.4. The van der Waals surface area contributed by atoms with Crippen molar-refractivity contribution in [2.45, 2.75) is 32.2 Å². The highest BCUT2D eigenvalue weighted by Gasteiger charge is 2.33. The molecule has 5 heteroatoms. The van der Waals surface area contributed by atoms with Gasteiger partial charge in [-0.3, -0.25) is 0 Å². The summed E-state index contributed by atoms with van der Waals surface area (Å²) in [5, 5.41) is 11.8. The Balaban J connectivity index is 1.82. The normalized spacial score (nSPS) is 18.1. The van der Waals surface area contributed by atoms with E-state index in [9.17, 15) is 9.59 Å². The molecule has 0 aliphatic carbocycles. The van der Waals surface area contributed by atoms with Crippen LogP contribution in [0.2, 0.25) is 0 Å². The molecular formula is C15H20N2O3. The van der Waals surface area contributed by atoms with E-state index in [2.05, 4.69) is 11.4 Å². The third kappa shape index (κ3) is 3.50. The topological polar surface area (TPSA) is 69.6 Å². The number of aryl methyl sites for hydroxylation is 1. The van der Waals surface area contributed by atoms with Crippen LogP contribution in [0.15, 0.2) is 24.3 Å². The zero-order valence-electron chi connectivity index (χ0n) is 11.6. The van der Waals surface area contributed by atoms with E-state index in [1.54, 1.807) is 0 Å². The molecule has 1 saturated heterocycles. The Kier molecular flexibility index (Phi) is 4.61. The summed E-state index contributed by atoms with van der Waals surface area (Å²) in [6.07, 6.45) is 2.04. The molecule has 0 aromatic heterocycles. The van der Waals surface area contributed by atoms with Crippen LogP contribution in [0, 0.1) is 6.92 Å². The minimum absolute atomic E-state index is 0.275. The molecule has 1 heterocycles. The summed E-state index contributed by atoms with van der Waals surface area (Å²) in [5.41, 5.74) is 2.36. The summed E-state index contributed by atoms with van der Waals surface area (Å²) in [6.45, 7) is 3.07. The van der Waals surface area contributed by atoms with E-state index in [1.165, 1.54) is 16.0 Å². The fourth-order valence-corrected chi connectivity index (χ4v) is 2.55. The Bertz CT molecular complexity index is 502. The highest BCUT2D eigenvalue weighted by Crippen LogP contribution is 2.17. The number of hydrogen-bond acceptors (Lipinski definition) is 2. The number of rotatable bonds is 4. The molecule has 2 N–H and O–H groups in total. The van der Waals surface area contributed by atoms with Crippen LogP contribution in [0.3, 0.4) is 0 Å². The number of aliphatic carboxylic acids is 1. The predicted molar refractivity (Wildman–Crippen MR) is 75.6 cm³/mol. The zero-order valence-corrected chi connectivity index (χ0v) is 11.6. The third-order valence-corrected chi connectivity index (χ3v) is 3.57. The van der Waals surface area contributed by atoms with Crippen molar-refractivity contribution in [3.05, 3.63) is 35.4 Å². The quantitative estimate of drug-likeness (QED) is 0.881. The Morgan fingerprint density at radius 2 is 2.25 bits per heavy atom. The Morgan fingerprint density at radius 3 is 2.95 bits per heavy atom. The zero-order chi connectivity index (χ0) is 14.5. The van der Waals surface area contributed by atoms with Gasteiger partial charge in [-0.25, -0.2) is 9.59 Å². The van der Waals surface area contributed by atoms with Crippen LogP contribution in [-0.2, 0) is 11.2 Å². The van der Waals surface area contributed by atoms with E-state index in [0.29, 0.717) is 19.5 Å². The first-order valence-electron chi connectivity index (χ1n) is 6.91. The van der Waals surface area contributed by atoms with Crippen molar-refractivity contribution < 1.29 is 14.7 Å². The number of carboxylic acids is 1. The van der Waals surface area contributed by atoms with Crippen LogP contribution in [0.5, 0.6) is 0 Å². The fourth-order valence-electron chi connectivity index (χ4n) is 2.55. The summed E-state index contributed by atoms with van der Waals surface area (Å²) in [6, 6.07) is 7.19. The van der Waals surface area contributed by atoms with E-state index in [0.717, 1.165) is 12.8 Å². The molecular weight excluding hydrogens is 256 g/mol. The first-order valence-corrected chi connectivity index (χ1v) is 6.91. The van der Waals surface area contributed by atoms with Gasteiger partial charge < -0.3 is 15.3 Å². The van der Waals surface area contributed by atoms with Gasteiger partial charge in [0, 0.05) is 13.1 Å². The number of nitrogens with zero attached hydrogens (tertiary/aromatic N) is 1. The van der Waals surface area contributed by atoms with Crippen LogP contribution in [-0.4, -0.2) is 41.1 Å². The minimum Gasteiger partial charge on any atom is -0.480 e. The lowest BCUT2D eigenvalue weighted by atomic mass is 10.1. The molecule has 1 fully saturated rings. The van der Waals surface area contributed by atoms with E-state index in [-0.39, 0.29) is 6.03 Å². The smallest absolute Gasteiger partial charge is 0.326 e. The number of amides is 2. The van der Waals surface area contributed by atoms with E-state index in [1.807, 2.05) is 25.1 Å². The average Bonchev–Trinajstić information content (AvgIpc) is 2.88. The fraction of sp³-hybridized carbons (Fsp3) is 0.467.